The van der Waals surface area contributed by atoms with Crippen LogP contribution in [0.2, 0.25) is 0 Å². The van der Waals surface area contributed by atoms with Gasteiger partial charge in [-0.3, -0.25) is 4.79 Å². The Morgan fingerprint density at radius 2 is 2.08 bits per heavy atom. The molecule has 1 atom stereocenters. The summed E-state index contributed by atoms with van der Waals surface area (Å²) in [6.07, 6.45) is -0.915. The lowest BCUT2D eigenvalue weighted by Gasteiger charge is -2.27. The van der Waals surface area contributed by atoms with Crippen molar-refractivity contribution in [2.24, 2.45) is 5.73 Å². The SMILES string of the molecule is COC(OC)C(N)(Cl)C(=O)CI. The van der Waals surface area contributed by atoms with Gasteiger partial charge < -0.3 is 15.2 Å². The van der Waals surface area contributed by atoms with E-state index in [-0.39, 0.29) is 10.2 Å². The van der Waals surface area contributed by atoms with Crippen molar-refractivity contribution in [3.63, 3.8) is 0 Å². The molecule has 12 heavy (non-hydrogen) atoms. The lowest BCUT2D eigenvalue weighted by molar-refractivity contribution is -0.147. The first-order chi connectivity index (χ1) is 5.50. The minimum absolute atomic E-state index is 0.223. The van der Waals surface area contributed by atoms with E-state index in [1.54, 1.807) is 0 Å². The molecule has 4 nitrogen and oxygen atoms in total. The summed E-state index contributed by atoms with van der Waals surface area (Å²) in [6, 6.07) is 0. The van der Waals surface area contributed by atoms with Gasteiger partial charge in [0.05, 0.1) is 4.43 Å². The summed E-state index contributed by atoms with van der Waals surface area (Å²) < 4.78 is 9.79. The smallest absolute Gasteiger partial charge is 0.202 e. The molecule has 0 aromatic heterocycles. The van der Waals surface area contributed by atoms with Crippen molar-refractivity contribution in [1.82, 2.24) is 0 Å². The second kappa shape index (κ2) is 5.33. The largest absolute Gasteiger partial charge is 0.352 e. The van der Waals surface area contributed by atoms with E-state index in [9.17, 15) is 4.79 Å². The Morgan fingerprint density at radius 1 is 1.67 bits per heavy atom. The maximum atomic E-state index is 11.2. The molecule has 0 saturated heterocycles. The van der Waals surface area contributed by atoms with Crippen molar-refractivity contribution < 1.29 is 14.3 Å². The van der Waals surface area contributed by atoms with Crippen LogP contribution in [-0.4, -0.2) is 35.7 Å². The topological polar surface area (TPSA) is 61.6 Å². The zero-order chi connectivity index (χ0) is 9.78. The van der Waals surface area contributed by atoms with Crippen LogP contribution in [0.1, 0.15) is 0 Å². The molecule has 0 saturated carbocycles. The minimum atomic E-state index is -1.59. The molecular weight excluding hydrogens is 296 g/mol. The normalized spacial score (nSPS) is 16.2. The van der Waals surface area contributed by atoms with E-state index in [0.29, 0.717) is 0 Å². The van der Waals surface area contributed by atoms with E-state index < -0.39 is 11.3 Å². The van der Waals surface area contributed by atoms with Gasteiger partial charge in [0.1, 0.15) is 0 Å². The molecule has 0 aromatic rings. The van der Waals surface area contributed by atoms with Crippen LogP contribution in [0.3, 0.4) is 0 Å². The Kier molecular flexibility index (Phi) is 5.59. The zero-order valence-electron chi connectivity index (χ0n) is 6.84. The van der Waals surface area contributed by atoms with E-state index in [1.165, 1.54) is 14.2 Å². The molecule has 0 aliphatic heterocycles. The Labute approximate surface area is 89.9 Å². The van der Waals surface area contributed by atoms with Gasteiger partial charge in [0.25, 0.3) is 0 Å². The fraction of sp³-hybridized carbons (Fsp3) is 0.833. The highest BCUT2D eigenvalue weighted by Crippen LogP contribution is 2.18. The third-order valence-electron chi connectivity index (χ3n) is 1.32. The molecule has 0 heterocycles. The number of carbonyl (C=O) groups excluding carboxylic acids is 1. The number of carbonyl (C=O) groups is 1. The Balaban J connectivity index is 4.44. The average Bonchev–Trinajstić information content (AvgIpc) is 2.04. The van der Waals surface area contributed by atoms with Crippen LogP contribution in [0.25, 0.3) is 0 Å². The number of alkyl halides is 2. The Hall–Kier alpha value is 0.570. The molecule has 2 N–H and O–H groups in total. The number of hydrogen-bond acceptors (Lipinski definition) is 4. The number of halogens is 2. The first kappa shape index (κ1) is 12.6. The van der Waals surface area contributed by atoms with Crippen molar-refractivity contribution in [3.05, 3.63) is 0 Å². The molecule has 0 bridgehead atoms. The molecule has 6 heteroatoms. The number of rotatable bonds is 5. The second-order valence-electron chi connectivity index (χ2n) is 2.13. The van der Waals surface area contributed by atoms with Crippen molar-refractivity contribution in [2.45, 2.75) is 11.3 Å². The summed E-state index contributed by atoms with van der Waals surface area (Å²) in [4.78, 5) is 9.58. The highest BCUT2D eigenvalue weighted by Gasteiger charge is 2.40. The molecule has 0 aromatic carbocycles. The molecule has 0 amide bonds. The van der Waals surface area contributed by atoms with E-state index >= 15 is 0 Å². The molecule has 0 radical (unpaired) electrons. The quantitative estimate of drug-likeness (QED) is 0.348. The van der Waals surface area contributed by atoms with Crippen LogP contribution in [0.15, 0.2) is 0 Å². The molecule has 1 unspecified atom stereocenters. The van der Waals surface area contributed by atoms with Gasteiger partial charge in [-0.2, -0.15) is 0 Å². The molecule has 0 rings (SSSR count). The number of nitrogens with two attached hydrogens (primary N) is 1. The van der Waals surface area contributed by atoms with Crippen LogP contribution >= 0.6 is 34.2 Å². The van der Waals surface area contributed by atoms with E-state index in [0.717, 1.165) is 0 Å². The van der Waals surface area contributed by atoms with Gasteiger partial charge in [-0.1, -0.05) is 34.2 Å². The highest BCUT2D eigenvalue weighted by atomic mass is 127. The summed E-state index contributed by atoms with van der Waals surface area (Å²) in [5, 5.41) is 0. The molecule has 0 fully saturated rings. The third-order valence-corrected chi connectivity index (χ3v) is 2.40. The Morgan fingerprint density at radius 3 is 2.33 bits per heavy atom. The third kappa shape index (κ3) is 2.81. The van der Waals surface area contributed by atoms with E-state index in [1.807, 2.05) is 22.6 Å². The summed E-state index contributed by atoms with van der Waals surface area (Å²) in [5.41, 5.74) is 5.50. The number of Topliss-reactive ketones (excluding diaryl/α,β-unsaturated/α-hetero) is 1. The van der Waals surface area contributed by atoms with Crippen molar-refractivity contribution in [3.8, 4) is 0 Å². The monoisotopic (exact) mass is 307 g/mol. The second-order valence-corrected chi connectivity index (χ2v) is 3.52. The van der Waals surface area contributed by atoms with Gasteiger partial charge >= 0.3 is 0 Å². The average molecular weight is 308 g/mol. The lowest BCUT2D eigenvalue weighted by atomic mass is 10.2. The fourth-order valence-corrected chi connectivity index (χ4v) is 1.77. The van der Waals surface area contributed by atoms with Gasteiger partial charge in [-0.25, -0.2) is 0 Å². The van der Waals surface area contributed by atoms with Crippen LogP contribution in [-0.2, 0) is 14.3 Å². The number of methoxy groups -OCH3 is 2. The van der Waals surface area contributed by atoms with Gasteiger partial charge in [-0.05, 0) is 0 Å². The highest BCUT2D eigenvalue weighted by molar-refractivity contribution is 14.1. The standard InChI is InChI=1S/C6H11ClINO3/c1-11-5(12-2)6(7,9)4(10)3-8/h5H,3,9H2,1-2H3. The number of hydrogen-bond donors (Lipinski definition) is 1. The molecule has 0 aliphatic carbocycles. The summed E-state index contributed by atoms with van der Waals surface area (Å²) in [7, 11) is 2.75. The van der Waals surface area contributed by atoms with E-state index in [2.05, 4.69) is 0 Å². The minimum Gasteiger partial charge on any atom is -0.352 e. The van der Waals surface area contributed by atoms with Crippen molar-refractivity contribution >= 4 is 40.0 Å². The van der Waals surface area contributed by atoms with Crippen LogP contribution in [0.5, 0.6) is 0 Å². The molecular formula is C6H11ClINO3. The first-order valence-electron chi connectivity index (χ1n) is 3.13. The van der Waals surface area contributed by atoms with Gasteiger partial charge in [0.15, 0.2) is 12.1 Å². The van der Waals surface area contributed by atoms with Gasteiger partial charge in [-0.15, -0.1) is 0 Å². The summed E-state index contributed by atoms with van der Waals surface area (Å²) in [5.74, 6) is -0.321. The van der Waals surface area contributed by atoms with Crippen molar-refractivity contribution in [2.75, 3.05) is 18.6 Å². The summed E-state index contributed by atoms with van der Waals surface area (Å²) >= 11 is 7.61. The van der Waals surface area contributed by atoms with Crippen LogP contribution in [0, 0.1) is 0 Å². The molecule has 0 aliphatic rings. The maximum Gasteiger partial charge on any atom is 0.202 e. The predicted molar refractivity (Wildman–Crippen MR) is 54.5 cm³/mol. The number of ether oxygens (including phenoxy) is 2. The number of ketones is 1. The van der Waals surface area contributed by atoms with Crippen LogP contribution in [0.4, 0.5) is 0 Å². The summed E-state index contributed by atoms with van der Waals surface area (Å²) in [6.45, 7) is 0. The fourth-order valence-electron chi connectivity index (χ4n) is 0.673. The van der Waals surface area contributed by atoms with Crippen LogP contribution < -0.4 is 5.73 Å². The zero-order valence-corrected chi connectivity index (χ0v) is 9.76. The first-order valence-corrected chi connectivity index (χ1v) is 5.03. The molecule has 0 spiro atoms. The molecule has 72 valence electrons. The lowest BCUT2D eigenvalue weighted by Crippen LogP contribution is -2.54. The van der Waals surface area contributed by atoms with Gasteiger partial charge in [0, 0.05) is 14.2 Å². The van der Waals surface area contributed by atoms with E-state index in [4.69, 9.17) is 26.8 Å². The van der Waals surface area contributed by atoms with Gasteiger partial charge in [0.2, 0.25) is 5.00 Å². The van der Waals surface area contributed by atoms with Crippen molar-refractivity contribution in [1.29, 1.82) is 0 Å². The predicted octanol–water partition coefficient (Wildman–Crippen LogP) is 0.503. The Bertz CT molecular complexity index is 161. The maximum absolute atomic E-state index is 11.2.